The fourth-order valence-electron chi connectivity index (χ4n) is 3.47. The van der Waals surface area contributed by atoms with E-state index in [9.17, 15) is 4.79 Å². The molecule has 0 radical (unpaired) electrons. The quantitative estimate of drug-likeness (QED) is 0.444. The molecule has 0 bridgehead atoms. The van der Waals surface area contributed by atoms with Gasteiger partial charge < -0.3 is 9.26 Å². The van der Waals surface area contributed by atoms with Gasteiger partial charge in [-0.1, -0.05) is 35.5 Å². The Balaban J connectivity index is 1.50. The fourth-order valence-corrected chi connectivity index (χ4v) is 3.47. The molecule has 0 unspecified atom stereocenters. The summed E-state index contributed by atoms with van der Waals surface area (Å²) in [5, 5.41) is 11.8. The first-order chi connectivity index (χ1) is 15.6. The van der Waals surface area contributed by atoms with Crippen LogP contribution in [0.1, 0.15) is 10.4 Å². The largest absolute Gasteiger partial charge is 0.497 e. The van der Waals surface area contributed by atoms with Gasteiger partial charge in [-0.25, -0.2) is 4.98 Å². The number of nitrogens with zero attached hydrogens (tertiary/aromatic N) is 4. The van der Waals surface area contributed by atoms with Gasteiger partial charge in [0.2, 0.25) is 5.88 Å². The molecule has 8 heteroatoms. The predicted molar refractivity (Wildman–Crippen MR) is 120 cm³/mol. The molecule has 0 saturated heterocycles. The number of fused-ring (bicyclic) bond motifs is 1. The third kappa shape index (κ3) is 3.58. The van der Waals surface area contributed by atoms with E-state index in [0.29, 0.717) is 28.0 Å². The lowest BCUT2D eigenvalue weighted by Crippen LogP contribution is -2.12. The van der Waals surface area contributed by atoms with Gasteiger partial charge in [-0.2, -0.15) is 5.10 Å². The lowest BCUT2D eigenvalue weighted by atomic mass is 10.1. The summed E-state index contributed by atoms with van der Waals surface area (Å²) in [6.07, 6.45) is 1.63. The lowest BCUT2D eigenvalue weighted by molar-refractivity contribution is 0.102. The Labute approximate surface area is 183 Å². The summed E-state index contributed by atoms with van der Waals surface area (Å²) in [6.45, 7) is 0. The molecule has 1 amide bonds. The number of pyridine rings is 1. The molecule has 0 aliphatic rings. The molecule has 0 aliphatic carbocycles. The summed E-state index contributed by atoms with van der Waals surface area (Å²) in [6, 6.07) is 20.5. The topological polar surface area (TPSA) is 95.1 Å². The summed E-state index contributed by atoms with van der Waals surface area (Å²) in [4.78, 5) is 17.9. The zero-order valence-corrected chi connectivity index (χ0v) is 17.4. The molecule has 1 N–H and O–H groups in total. The highest BCUT2D eigenvalue weighted by Crippen LogP contribution is 2.27. The third-order valence-corrected chi connectivity index (χ3v) is 5.15. The number of ether oxygens (including phenoxy) is 1. The van der Waals surface area contributed by atoms with E-state index >= 15 is 0 Å². The number of nitrogens with one attached hydrogen (secondary N) is 1. The van der Waals surface area contributed by atoms with Gasteiger partial charge in [-0.05, 0) is 30.3 Å². The first kappa shape index (κ1) is 19.5. The number of methoxy groups -OCH3 is 1. The van der Waals surface area contributed by atoms with Crippen molar-refractivity contribution >= 4 is 22.8 Å². The van der Waals surface area contributed by atoms with E-state index in [1.807, 2.05) is 54.6 Å². The van der Waals surface area contributed by atoms with Gasteiger partial charge in [0, 0.05) is 24.2 Å². The van der Waals surface area contributed by atoms with Crippen LogP contribution < -0.4 is 10.1 Å². The normalized spacial score (nSPS) is 10.9. The maximum Gasteiger partial charge on any atom is 0.258 e. The molecule has 3 aromatic heterocycles. The van der Waals surface area contributed by atoms with Crippen molar-refractivity contribution in [2.24, 2.45) is 7.05 Å². The highest BCUT2D eigenvalue weighted by Gasteiger charge is 2.18. The van der Waals surface area contributed by atoms with Crippen LogP contribution in [0.25, 0.3) is 33.5 Å². The zero-order chi connectivity index (χ0) is 22.1. The molecule has 5 rings (SSSR count). The minimum absolute atomic E-state index is 0.258. The Morgan fingerprint density at radius 2 is 1.75 bits per heavy atom. The van der Waals surface area contributed by atoms with Gasteiger partial charge in [-0.15, -0.1) is 0 Å². The summed E-state index contributed by atoms with van der Waals surface area (Å²) in [7, 11) is 3.40. The number of hydrogen-bond acceptors (Lipinski definition) is 6. The van der Waals surface area contributed by atoms with E-state index in [-0.39, 0.29) is 11.8 Å². The van der Waals surface area contributed by atoms with Crippen LogP contribution >= 0.6 is 0 Å². The van der Waals surface area contributed by atoms with Crippen LogP contribution in [0.15, 0.2) is 77.4 Å². The molecule has 0 spiro atoms. The lowest BCUT2D eigenvalue weighted by Gasteiger charge is -2.08. The van der Waals surface area contributed by atoms with E-state index in [2.05, 4.69) is 15.6 Å². The first-order valence-electron chi connectivity index (χ1n) is 9.93. The molecule has 32 heavy (non-hydrogen) atoms. The molecule has 0 fully saturated rings. The van der Waals surface area contributed by atoms with Gasteiger partial charge in [0.05, 0.1) is 30.0 Å². The molecule has 3 heterocycles. The van der Waals surface area contributed by atoms with Crippen LogP contribution in [0.3, 0.4) is 0 Å². The van der Waals surface area contributed by atoms with Crippen molar-refractivity contribution in [1.29, 1.82) is 0 Å². The maximum absolute atomic E-state index is 13.2. The molecule has 5 aromatic rings. The van der Waals surface area contributed by atoms with Crippen molar-refractivity contribution in [2.45, 2.75) is 0 Å². The number of anilines is 1. The van der Waals surface area contributed by atoms with E-state index in [0.717, 1.165) is 16.9 Å². The minimum Gasteiger partial charge on any atom is -0.497 e. The average Bonchev–Trinajstić information content (AvgIpc) is 3.46. The van der Waals surface area contributed by atoms with Crippen LogP contribution in [-0.4, -0.2) is 32.9 Å². The first-order valence-corrected chi connectivity index (χ1v) is 9.93. The van der Waals surface area contributed by atoms with E-state index < -0.39 is 0 Å². The Hall–Kier alpha value is -4.46. The fraction of sp³-hybridized carbons (Fsp3) is 0.0833. The van der Waals surface area contributed by atoms with Gasteiger partial charge in [0.1, 0.15) is 11.4 Å². The summed E-state index contributed by atoms with van der Waals surface area (Å²) < 4.78 is 12.2. The van der Waals surface area contributed by atoms with E-state index in [1.165, 1.54) is 0 Å². The highest BCUT2D eigenvalue weighted by atomic mass is 16.5. The smallest absolute Gasteiger partial charge is 0.258 e. The van der Waals surface area contributed by atoms with Crippen molar-refractivity contribution in [3.05, 3.63) is 78.5 Å². The predicted octanol–water partition coefficient (Wildman–Crippen LogP) is 4.55. The number of aromatic nitrogens is 4. The van der Waals surface area contributed by atoms with Gasteiger partial charge in [0.25, 0.3) is 5.91 Å². The third-order valence-electron chi connectivity index (χ3n) is 5.15. The summed E-state index contributed by atoms with van der Waals surface area (Å²) in [5.74, 6) is 0.664. The number of carbonyl (C=O) groups excluding carboxylic acids is 1. The maximum atomic E-state index is 13.2. The number of rotatable bonds is 5. The summed E-state index contributed by atoms with van der Waals surface area (Å²) >= 11 is 0. The Morgan fingerprint density at radius 1 is 1.00 bits per heavy atom. The monoisotopic (exact) mass is 425 g/mol. The SMILES string of the molecule is COc1ccc(-c2cc(C(=O)Nc3cc(-c4ccccc4)no3)c3cnn(C)c3n2)cc1. The van der Waals surface area contributed by atoms with Crippen molar-refractivity contribution in [3.8, 4) is 28.3 Å². The van der Waals surface area contributed by atoms with Gasteiger partial charge in [-0.3, -0.25) is 14.8 Å². The molecule has 158 valence electrons. The number of hydrogen-bond donors (Lipinski definition) is 1. The van der Waals surface area contributed by atoms with Crippen molar-refractivity contribution in [1.82, 2.24) is 19.9 Å². The highest BCUT2D eigenvalue weighted by molar-refractivity contribution is 6.12. The second-order valence-electron chi connectivity index (χ2n) is 7.19. The Bertz CT molecular complexity index is 1410. The molecule has 2 aromatic carbocycles. The number of carbonyl (C=O) groups is 1. The van der Waals surface area contributed by atoms with Crippen LogP contribution in [0.2, 0.25) is 0 Å². The molecule has 0 atom stereocenters. The molecule has 0 aliphatic heterocycles. The molecule has 0 saturated carbocycles. The van der Waals surface area contributed by atoms with Crippen LogP contribution in [-0.2, 0) is 7.05 Å². The van der Waals surface area contributed by atoms with Crippen LogP contribution in [0, 0.1) is 0 Å². The van der Waals surface area contributed by atoms with Crippen LogP contribution in [0.5, 0.6) is 5.75 Å². The van der Waals surface area contributed by atoms with Crippen LogP contribution in [0.4, 0.5) is 5.88 Å². The zero-order valence-electron chi connectivity index (χ0n) is 17.4. The van der Waals surface area contributed by atoms with E-state index in [1.54, 1.807) is 37.2 Å². The Morgan fingerprint density at radius 3 is 2.50 bits per heavy atom. The van der Waals surface area contributed by atoms with E-state index in [4.69, 9.17) is 14.2 Å². The number of benzene rings is 2. The molecular weight excluding hydrogens is 406 g/mol. The molecular formula is C24H19N5O3. The summed E-state index contributed by atoms with van der Waals surface area (Å²) in [5.41, 5.74) is 4.08. The minimum atomic E-state index is -0.337. The van der Waals surface area contributed by atoms with Gasteiger partial charge >= 0.3 is 0 Å². The van der Waals surface area contributed by atoms with Gasteiger partial charge in [0.15, 0.2) is 5.65 Å². The van der Waals surface area contributed by atoms with Crippen molar-refractivity contribution in [3.63, 3.8) is 0 Å². The molecule has 8 nitrogen and oxygen atoms in total. The number of amides is 1. The number of aryl methyl sites for hydroxylation is 1. The average molecular weight is 425 g/mol. The van der Waals surface area contributed by atoms with Crippen molar-refractivity contribution < 1.29 is 14.1 Å². The Kier molecular flexibility index (Phi) is 4.87. The second-order valence-corrected chi connectivity index (χ2v) is 7.19. The van der Waals surface area contributed by atoms with Crippen molar-refractivity contribution in [2.75, 3.05) is 12.4 Å². The second kappa shape index (κ2) is 7.99. The standard InChI is InChI=1S/C24H19N5O3/c1-29-23-19(14-25-29)18(12-20(26-23)16-8-10-17(31-2)11-9-16)24(30)27-22-13-21(28-32-22)15-6-4-3-5-7-15/h3-14H,1-2H3,(H,27,30).